The predicted molar refractivity (Wildman–Crippen MR) is 71.7 cm³/mol. The zero-order valence-corrected chi connectivity index (χ0v) is 11.0. The maximum Gasteiger partial charge on any atom is 0.205 e. The molecular formula is C15H17NO3. The Kier molecular flexibility index (Phi) is 3.01. The van der Waals surface area contributed by atoms with E-state index in [0.29, 0.717) is 28.8 Å². The van der Waals surface area contributed by atoms with Crippen molar-refractivity contribution in [3.63, 3.8) is 0 Å². The van der Waals surface area contributed by atoms with Gasteiger partial charge in [0.25, 0.3) is 0 Å². The first-order valence-corrected chi connectivity index (χ1v) is 6.83. The molecule has 1 aromatic rings. The van der Waals surface area contributed by atoms with Gasteiger partial charge in [0, 0.05) is 6.04 Å². The average molecular weight is 259 g/mol. The summed E-state index contributed by atoms with van der Waals surface area (Å²) in [6.45, 7) is 1.73. The zero-order chi connectivity index (χ0) is 13.4. The van der Waals surface area contributed by atoms with Gasteiger partial charge < -0.3 is 9.73 Å². The van der Waals surface area contributed by atoms with Crippen LogP contribution in [0.15, 0.2) is 16.6 Å². The maximum atomic E-state index is 12.0. The van der Waals surface area contributed by atoms with Crippen molar-refractivity contribution in [2.75, 3.05) is 5.32 Å². The number of anilines is 1. The van der Waals surface area contributed by atoms with Gasteiger partial charge in [-0.05, 0) is 31.9 Å². The number of carbonyl (C=O) groups excluding carboxylic acids is 2. The van der Waals surface area contributed by atoms with Crippen molar-refractivity contribution in [3.8, 4) is 0 Å². The minimum absolute atomic E-state index is 0.146. The molecule has 0 radical (unpaired) electrons. The van der Waals surface area contributed by atoms with Crippen molar-refractivity contribution in [3.05, 3.63) is 29.0 Å². The maximum absolute atomic E-state index is 12.0. The molecule has 4 nitrogen and oxygen atoms in total. The monoisotopic (exact) mass is 259 g/mol. The second-order valence-corrected chi connectivity index (χ2v) is 5.28. The molecular weight excluding hydrogens is 242 g/mol. The van der Waals surface area contributed by atoms with E-state index in [0.717, 1.165) is 12.8 Å². The van der Waals surface area contributed by atoms with Crippen LogP contribution in [0.3, 0.4) is 0 Å². The van der Waals surface area contributed by atoms with Gasteiger partial charge in [-0.25, -0.2) is 0 Å². The normalized spacial score (nSPS) is 19.6. The topological polar surface area (TPSA) is 59.3 Å². The van der Waals surface area contributed by atoms with E-state index < -0.39 is 0 Å². The number of ketones is 2. The van der Waals surface area contributed by atoms with Gasteiger partial charge in [-0.2, -0.15) is 0 Å². The minimum Gasteiger partial charge on any atom is -0.444 e. The average Bonchev–Trinajstić information content (AvgIpc) is 2.73. The lowest BCUT2D eigenvalue weighted by molar-refractivity contribution is 0.0995. The molecule has 2 aliphatic rings. The Morgan fingerprint density at radius 1 is 1.05 bits per heavy atom. The number of carbonyl (C=O) groups is 2. The molecule has 1 saturated carbocycles. The molecule has 1 heterocycles. The molecule has 0 spiro atoms. The second-order valence-electron chi connectivity index (χ2n) is 5.28. The SMILES string of the molecule is Cc1oc(NC2CCCCC2)c2c1C(=O)C=CC2=O. The smallest absolute Gasteiger partial charge is 0.205 e. The molecule has 1 fully saturated rings. The molecule has 0 aromatic carbocycles. The molecule has 0 unspecified atom stereocenters. The fourth-order valence-corrected chi connectivity index (χ4v) is 2.93. The number of hydrogen-bond acceptors (Lipinski definition) is 4. The van der Waals surface area contributed by atoms with E-state index in [1.165, 1.54) is 31.4 Å². The molecule has 0 aliphatic heterocycles. The van der Waals surface area contributed by atoms with E-state index >= 15 is 0 Å². The first kappa shape index (κ1) is 12.2. The van der Waals surface area contributed by atoms with E-state index in [2.05, 4.69) is 5.32 Å². The number of hydrogen-bond donors (Lipinski definition) is 1. The molecule has 0 atom stereocenters. The van der Waals surface area contributed by atoms with Crippen LogP contribution >= 0.6 is 0 Å². The highest BCUT2D eigenvalue weighted by atomic mass is 16.4. The lowest BCUT2D eigenvalue weighted by Crippen LogP contribution is -2.23. The van der Waals surface area contributed by atoms with Crippen LogP contribution in [-0.4, -0.2) is 17.6 Å². The number of fused-ring (bicyclic) bond motifs is 1. The van der Waals surface area contributed by atoms with Crippen LogP contribution < -0.4 is 5.32 Å². The number of aryl methyl sites for hydroxylation is 1. The molecule has 4 heteroatoms. The van der Waals surface area contributed by atoms with Gasteiger partial charge in [-0.15, -0.1) is 0 Å². The predicted octanol–water partition coefficient (Wildman–Crippen LogP) is 3.27. The Hall–Kier alpha value is -1.84. The summed E-state index contributed by atoms with van der Waals surface area (Å²) in [6, 6.07) is 0.345. The summed E-state index contributed by atoms with van der Waals surface area (Å²) in [6.07, 6.45) is 8.49. The van der Waals surface area contributed by atoms with Crippen LogP contribution in [0, 0.1) is 6.92 Å². The van der Waals surface area contributed by atoms with Crippen LogP contribution in [0.1, 0.15) is 58.6 Å². The lowest BCUT2D eigenvalue weighted by atomic mass is 9.94. The fraction of sp³-hybridized carbons (Fsp3) is 0.467. The highest BCUT2D eigenvalue weighted by Crippen LogP contribution is 2.32. The van der Waals surface area contributed by atoms with Crippen LogP contribution in [0.25, 0.3) is 0 Å². The van der Waals surface area contributed by atoms with Crippen LogP contribution in [-0.2, 0) is 0 Å². The molecule has 1 N–H and O–H groups in total. The van der Waals surface area contributed by atoms with Crippen molar-refractivity contribution >= 4 is 17.5 Å². The molecule has 100 valence electrons. The highest BCUT2D eigenvalue weighted by Gasteiger charge is 2.30. The van der Waals surface area contributed by atoms with E-state index in [4.69, 9.17) is 4.42 Å². The summed E-state index contributed by atoms with van der Waals surface area (Å²) < 4.78 is 5.62. The summed E-state index contributed by atoms with van der Waals surface area (Å²) in [4.78, 5) is 23.8. The third-order valence-corrected chi connectivity index (χ3v) is 3.90. The quantitative estimate of drug-likeness (QED) is 0.885. The summed E-state index contributed by atoms with van der Waals surface area (Å²) >= 11 is 0. The van der Waals surface area contributed by atoms with E-state index in [9.17, 15) is 9.59 Å². The standard InChI is InChI=1S/C15H17NO3/c1-9-13-11(17)7-8-12(18)14(13)15(19-9)16-10-5-3-2-4-6-10/h7-8,10,16H,2-6H2,1H3. The molecule has 1 aromatic heterocycles. The van der Waals surface area contributed by atoms with Gasteiger partial charge in [-0.1, -0.05) is 19.3 Å². The third-order valence-electron chi connectivity index (χ3n) is 3.90. The molecule has 0 saturated heterocycles. The summed E-state index contributed by atoms with van der Waals surface area (Å²) in [5, 5.41) is 3.31. The van der Waals surface area contributed by atoms with Crippen molar-refractivity contribution in [1.82, 2.24) is 0 Å². The van der Waals surface area contributed by atoms with Gasteiger partial charge in [0.2, 0.25) is 5.88 Å². The molecule has 0 amide bonds. The summed E-state index contributed by atoms with van der Waals surface area (Å²) in [5.74, 6) is 0.704. The third kappa shape index (κ3) is 2.11. The zero-order valence-electron chi connectivity index (χ0n) is 11.0. The number of furan rings is 1. The molecule has 19 heavy (non-hydrogen) atoms. The van der Waals surface area contributed by atoms with Gasteiger partial charge in [0.15, 0.2) is 11.6 Å². The first-order valence-electron chi connectivity index (χ1n) is 6.83. The van der Waals surface area contributed by atoms with E-state index in [1.54, 1.807) is 6.92 Å². The largest absolute Gasteiger partial charge is 0.444 e. The molecule has 0 bridgehead atoms. The Labute approximate surface area is 111 Å². The number of allylic oxidation sites excluding steroid dienone is 2. The van der Waals surface area contributed by atoms with Crippen LogP contribution in [0.4, 0.5) is 5.88 Å². The van der Waals surface area contributed by atoms with E-state index in [-0.39, 0.29) is 11.6 Å². The van der Waals surface area contributed by atoms with Gasteiger partial charge in [0.1, 0.15) is 5.76 Å². The van der Waals surface area contributed by atoms with Crippen LogP contribution in [0.2, 0.25) is 0 Å². The van der Waals surface area contributed by atoms with Crippen LogP contribution in [0.5, 0.6) is 0 Å². The number of nitrogens with one attached hydrogen (secondary N) is 1. The van der Waals surface area contributed by atoms with Crippen molar-refractivity contribution in [2.24, 2.45) is 0 Å². The van der Waals surface area contributed by atoms with Gasteiger partial charge in [-0.3, -0.25) is 9.59 Å². The summed E-state index contributed by atoms with van der Waals surface area (Å²) in [5.41, 5.74) is 0.835. The van der Waals surface area contributed by atoms with E-state index in [1.807, 2.05) is 0 Å². The molecule has 3 rings (SSSR count). The van der Waals surface area contributed by atoms with Gasteiger partial charge >= 0.3 is 0 Å². The molecule has 2 aliphatic carbocycles. The van der Waals surface area contributed by atoms with Crippen molar-refractivity contribution < 1.29 is 14.0 Å². The number of rotatable bonds is 2. The fourth-order valence-electron chi connectivity index (χ4n) is 2.93. The first-order chi connectivity index (χ1) is 9.16. The Bertz CT molecular complexity index is 562. The Balaban J connectivity index is 1.93. The lowest BCUT2D eigenvalue weighted by Gasteiger charge is -2.23. The highest BCUT2D eigenvalue weighted by molar-refractivity contribution is 6.24. The van der Waals surface area contributed by atoms with Crippen molar-refractivity contribution in [1.29, 1.82) is 0 Å². The minimum atomic E-state index is -0.148. The second kappa shape index (κ2) is 4.68. The summed E-state index contributed by atoms with van der Waals surface area (Å²) in [7, 11) is 0. The Morgan fingerprint density at radius 3 is 2.37 bits per heavy atom. The van der Waals surface area contributed by atoms with Crippen molar-refractivity contribution in [2.45, 2.75) is 45.1 Å². The van der Waals surface area contributed by atoms with Gasteiger partial charge in [0.05, 0.1) is 11.1 Å². The Morgan fingerprint density at radius 2 is 1.68 bits per heavy atom.